The third-order valence-electron chi connectivity index (χ3n) is 2.74. The van der Waals surface area contributed by atoms with Crippen LogP contribution in [0.2, 0.25) is 0 Å². The van der Waals surface area contributed by atoms with Gasteiger partial charge in [0, 0.05) is 24.8 Å². The van der Waals surface area contributed by atoms with Crippen LogP contribution in [0, 0.1) is 15.5 Å². The molecule has 0 aliphatic heterocycles. The Bertz CT molecular complexity index is 458. The van der Waals surface area contributed by atoms with Gasteiger partial charge in [0.25, 0.3) is 5.69 Å². The lowest BCUT2D eigenvalue weighted by molar-refractivity contribution is -0.383. The normalized spacial score (nSPS) is 11.6. The standard InChI is InChI=1S/C13H22N4O2/c1-13(2,9-16(3)4)8-15-10-5-6-12(17(18)19)11(14)7-10/h5-7,15H,8-9,14H2,1-4H3. The number of hydrogen-bond donors (Lipinski definition) is 2. The van der Waals surface area contributed by atoms with Gasteiger partial charge in [0.2, 0.25) is 0 Å². The van der Waals surface area contributed by atoms with Crippen molar-refractivity contribution in [2.75, 3.05) is 38.2 Å². The first kappa shape index (κ1) is 15.2. The van der Waals surface area contributed by atoms with Crippen molar-refractivity contribution in [2.45, 2.75) is 13.8 Å². The van der Waals surface area contributed by atoms with E-state index < -0.39 is 4.92 Å². The molecule has 0 atom stereocenters. The Hall–Kier alpha value is -1.82. The molecule has 0 radical (unpaired) electrons. The lowest BCUT2D eigenvalue weighted by Gasteiger charge is -2.28. The molecule has 1 aromatic rings. The fourth-order valence-electron chi connectivity index (χ4n) is 2.08. The lowest BCUT2D eigenvalue weighted by Crippen LogP contribution is -2.34. The monoisotopic (exact) mass is 266 g/mol. The van der Waals surface area contributed by atoms with Crippen LogP contribution >= 0.6 is 0 Å². The molecule has 6 nitrogen and oxygen atoms in total. The first-order chi connectivity index (χ1) is 8.71. The summed E-state index contributed by atoms with van der Waals surface area (Å²) in [5, 5.41) is 13.9. The summed E-state index contributed by atoms with van der Waals surface area (Å²) >= 11 is 0. The second kappa shape index (κ2) is 5.88. The number of nitro benzene ring substituents is 1. The Morgan fingerprint density at radius 1 is 1.42 bits per heavy atom. The van der Waals surface area contributed by atoms with Crippen molar-refractivity contribution in [1.82, 2.24) is 4.90 Å². The second-order valence-electron chi connectivity index (χ2n) is 5.79. The molecule has 6 heteroatoms. The van der Waals surface area contributed by atoms with Gasteiger partial charge in [-0.3, -0.25) is 10.1 Å². The van der Waals surface area contributed by atoms with Crippen molar-refractivity contribution in [3.8, 4) is 0 Å². The Labute approximate surface area is 113 Å². The first-order valence-corrected chi connectivity index (χ1v) is 6.14. The van der Waals surface area contributed by atoms with Crippen molar-refractivity contribution >= 4 is 17.1 Å². The van der Waals surface area contributed by atoms with Gasteiger partial charge >= 0.3 is 0 Å². The van der Waals surface area contributed by atoms with Crippen LogP contribution in [0.3, 0.4) is 0 Å². The predicted octanol–water partition coefficient (Wildman–Crippen LogP) is 2.18. The van der Waals surface area contributed by atoms with Crippen LogP contribution in [0.5, 0.6) is 0 Å². The van der Waals surface area contributed by atoms with Gasteiger partial charge in [0.05, 0.1) is 4.92 Å². The largest absolute Gasteiger partial charge is 0.393 e. The minimum atomic E-state index is -0.477. The van der Waals surface area contributed by atoms with Gasteiger partial charge < -0.3 is 16.0 Å². The van der Waals surface area contributed by atoms with E-state index in [-0.39, 0.29) is 16.8 Å². The molecule has 0 unspecified atom stereocenters. The molecular weight excluding hydrogens is 244 g/mol. The van der Waals surface area contributed by atoms with Gasteiger partial charge in [-0.25, -0.2) is 0 Å². The number of hydrogen-bond acceptors (Lipinski definition) is 5. The average molecular weight is 266 g/mol. The Morgan fingerprint density at radius 2 is 2.05 bits per heavy atom. The smallest absolute Gasteiger partial charge is 0.292 e. The molecule has 0 saturated carbocycles. The van der Waals surface area contributed by atoms with Crippen LogP contribution in [-0.4, -0.2) is 37.0 Å². The molecule has 0 spiro atoms. The van der Waals surface area contributed by atoms with E-state index in [1.165, 1.54) is 6.07 Å². The highest BCUT2D eigenvalue weighted by Crippen LogP contribution is 2.25. The summed E-state index contributed by atoms with van der Waals surface area (Å²) in [6.07, 6.45) is 0. The summed E-state index contributed by atoms with van der Waals surface area (Å²) in [5.74, 6) is 0. The molecule has 0 aromatic heterocycles. The molecule has 1 rings (SSSR count). The molecule has 0 heterocycles. The highest BCUT2D eigenvalue weighted by Gasteiger charge is 2.19. The van der Waals surface area contributed by atoms with Crippen LogP contribution in [-0.2, 0) is 0 Å². The summed E-state index contributed by atoms with van der Waals surface area (Å²) < 4.78 is 0. The van der Waals surface area contributed by atoms with Crippen LogP contribution in [0.15, 0.2) is 18.2 Å². The van der Waals surface area contributed by atoms with Crippen LogP contribution in [0.4, 0.5) is 17.1 Å². The summed E-state index contributed by atoms with van der Waals surface area (Å²) in [7, 11) is 4.07. The second-order valence-corrected chi connectivity index (χ2v) is 5.79. The molecule has 1 aromatic carbocycles. The maximum absolute atomic E-state index is 10.7. The molecule has 0 aliphatic carbocycles. The number of nitro groups is 1. The summed E-state index contributed by atoms with van der Waals surface area (Å²) in [5.41, 5.74) is 6.67. The fourth-order valence-corrected chi connectivity index (χ4v) is 2.08. The number of nitrogens with one attached hydrogen (secondary N) is 1. The van der Waals surface area contributed by atoms with E-state index in [9.17, 15) is 10.1 Å². The number of anilines is 2. The number of nitrogens with two attached hydrogens (primary N) is 1. The van der Waals surface area contributed by atoms with E-state index in [2.05, 4.69) is 24.1 Å². The lowest BCUT2D eigenvalue weighted by atomic mass is 9.93. The Kier molecular flexibility index (Phi) is 4.72. The Morgan fingerprint density at radius 3 is 2.53 bits per heavy atom. The zero-order valence-electron chi connectivity index (χ0n) is 11.9. The van der Waals surface area contributed by atoms with Crippen molar-refractivity contribution in [3.63, 3.8) is 0 Å². The average Bonchev–Trinajstić information content (AvgIpc) is 2.24. The zero-order chi connectivity index (χ0) is 14.6. The highest BCUT2D eigenvalue weighted by atomic mass is 16.6. The third kappa shape index (κ3) is 4.75. The molecule has 3 N–H and O–H groups in total. The molecule has 106 valence electrons. The van der Waals surface area contributed by atoms with E-state index >= 15 is 0 Å². The topological polar surface area (TPSA) is 84.4 Å². The molecule has 0 fully saturated rings. The first-order valence-electron chi connectivity index (χ1n) is 6.14. The van der Waals surface area contributed by atoms with E-state index in [0.717, 1.165) is 18.8 Å². The van der Waals surface area contributed by atoms with Crippen LogP contribution in [0.25, 0.3) is 0 Å². The highest BCUT2D eigenvalue weighted by molar-refractivity contribution is 5.65. The van der Waals surface area contributed by atoms with E-state index in [1.54, 1.807) is 12.1 Å². The van der Waals surface area contributed by atoms with E-state index in [1.807, 2.05) is 14.1 Å². The molecular formula is C13H22N4O2. The van der Waals surface area contributed by atoms with Gasteiger partial charge in [-0.05, 0) is 31.6 Å². The van der Waals surface area contributed by atoms with Crippen molar-refractivity contribution in [1.29, 1.82) is 0 Å². The van der Waals surface area contributed by atoms with E-state index in [0.29, 0.717) is 0 Å². The maximum atomic E-state index is 10.7. The minimum Gasteiger partial charge on any atom is -0.393 e. The Balaban J connectivity index is 2.69. The predicted molar refractivity (Wildman–Crippen MR) is 78.3 cm³/mol. The molecule has 0 saturated heterocycles. The summed E-state index contributed by atoms with van der Waals surface area (Å²) in [6, 6.07) is 4.71. The van der Waals surface area contributed by atoms with Crippen LogP contribution < -0.4 is 11.1 Å². The van der Waals surface area contributed by atoms with Crippen LogP contribution in [0.1, 0.15) is 13.8 Å². The minimum absolute atomic E-state index is 0.0573. The SMILES string of the molecule is CN(C)CC(C)(C)CNc1ccc([N+](=O)[O-])c(N)c1. The van der Waals surface area contributed by atoms with Gasteiger partial charge in [-0.15, -0.1) is 0 Å². The summed E-state index contributed by atoms with van der Waals surface area (Å²) in [4.78, 5) is 12.3. The van der Waals surface area contributed by atoms with Crippen molar-refractivity contribution in [2.24, 2.45) is 5.41 Å². The van der Waals surface area contributed by atoms with Gasteiger partial charge in [-0.1, -0.05) is 13.8 Å². The van der Waals surface area contributed by atoms with Crippen molar-refractivity contribution < 1.29 is 4.92 Å². The van der Waals surface area contributed by atoms with Gasteiger partial charge in [0.1, 0.15) is 5.69 Å². The quantitative estimate of drug-likeness (QED) is 0.468. The molecule has 0 bridgehead atoms. The van der Waals surface area contributed by atoms with Gasteiger partial charge in [0.15, 0.2) is 0 Å². The van der Waals surface area contributed by atoms with Crippen molar-refractivity contribution in [3.05, 3.63) is 28.3 Å². The summed E-state index contributed by atoms with van der Waals surface area (Å²) in [6.45, 7) is 6.04. The van der Waals surface area contributed by atoms with E-state index in [4.69, 9.17) is 5.73 Å². The number of benzene rings is 1. The van der Waals surface area contributed by atoms with Gasteiger partial charge in [-0.2, -0.15) is 0 Å². The zero-order valence-corrected chi connectivity index (χ0v) is 11.9. The number of nitrogens with zero attached hydrogens (tertiary/aromatic N) is 2. The maximum Gasteiger partial charge on any atom is 0.292 e. The molecule has 19 heavy (non-hydrogen) atoms. The third-order valence-corrected chi connectivity index (χ3v) is 2.74. The fraction of sp³-hybridized carbons (Fsp3) is 0.538. The number of nitrogen functional groups attached to an aromatic ring is 1. The molecule has 0 aliphatic rings. The molecule has 0 amide bonds. The number of rotatable bonds is 6.